The molecule has 2 N–H and O–H groups in total. The Kier molecular flexibility index (Phi) is 5.27. The number of fused-ring (bicyclic) bond motifs is 1. The molecule has 2 nitrogen and oxygen atoms in total. The highest BCUT2D eigenvalue weighted by atomic mass is 35.5. The molecule has 18 heavy (non-hydrogen) atoms. The number of halogens is 1. The zero-order valence-corrected chi connectivity index (χ0v) is 11.4. The third-order valence-corrected chi connectivity index (χ3v) is 3.14. The molecule has 2 aromatic rings. The summed E-state index contributed by atoms with van der Waals surface area (Å²) in [5.41, 5.74) is 8.52. The van der Waals surface area contributed by atoms with Crippen molar-refractivity contribution in [1.29, 1.82) is 0 Å². The normalized spacial score (nSPS) is 11.8. The van der Waals surface area contributed by atoms with E-state index in [1.165, 1.54) is 16.5 Å². The average Bonchev–Trinajstić information content (AvgIpc) is 2.69. The first-order chi connectivity index (χ1) is 8.26. The Morgan fingerprint density at radius 2 is 2.11 bits per heavy atom. The van der Waals surface area contributed by atoms with Gasteiger partial charge in [0.25, 0.3) is 0 Å². The standard InChI is InChI=1S/C15H18N2.ClH/c1-3-9-17-11-12(10-13(16)4-2)14-7-5-6-8-15(14)17;/h1,5-8,11,13H,4,9-10,16H2,2H3;1H. The summed E-state index contributed by atoms with van der Waals surface area (Å²) in [7, 11) is 0. The fourth-order valence-electron chi connectivity index (χ4n) is 2.14. The van der Waals surface area contributed by atoms with Crippen molar-refractivity contribution in [3.63, 3.8) is 0 Å². The van der Waals surface area contributed by atoms with E-state index < -0.39 is 0 Å². The summed E-state index contributed by atoms with van der Waals surface area (Å²) in [6.07, 6.45) is 9.44. The summed E-state index contributed by atoms with van der Waals surface area (Å²) >= 11 is 0. The Labute approximate surface area is 115 Å². The second kappa shape index (κ2) is 6.49. The lowest BCUT2D eigenvalue weighted by Crippen LogP contribution is -2.21. The van der Waals surface area contributed by atoms with Crippen molar-refractivity contribution in [1.82, 2.24) is 4.57 Å². The van der Waals surface area contributed by atoms with Crippen molar-refractivity contribution < 1.29 is 0 Å². The Bertz CT molecular complexity index is 551. The minimum absolute atomic E-state index is 0. The smallest absolute Gasteiger partial charge is 0.0835 e. The molecule has 0 aliphatic rings. The molecule has 0 saturated heterocycles. The third kappa shape index (κ3) is 2.87. The van der Waals surface area contributed by atoms with Crippen LogP contribution >= 0.6 is 12.4 Å². The predicted molar refractivity (Wildman–Crippen MR) is 80.0 cm³/mol. The molecule has 0 radical (unpaired) electrons. The highest BCUT2D eigenvalue weighted by Crippen LogP contribution is 2.22. The summed E-state index contributed by atoms with van der Waals surface area (Å²) in [6, 6.07) is 8.57. The molecule has 0 aliphatic heterocycles. The van der Waals surface area contributed by atoms with Crippen LogP contribution in [-0.4, -0.2) is 10.6 Å². The van der Waals surface area contributed by atoms with Gasteiger partial charge in [-0.1, -0.05) is 31.0 Å². The van der Waals surface area contributed by atoms with E-state index in [0.717, 1.165) is 12.8 Å². The van der Waals surface area contributed by atoms with Crippen LogP contribution in [0.25, 0.3) is 10.9 Å². The molecule has 96 valence electrons. The molecule has 1 heterocycles. The van der Waals surface area contributed by atoms with E-state index in [-0.39, 0.29) is 18.4 Å². The zero-order valence-electron chi connectivity index (χ0n) is 10.6. The van der Waals surface area contributed by atoms with E-state index in [4.69, 9.17) is 12.2 Å². The number of terminal acetylenes is 1. The van der Waals surface area contributed by atoms with Crippen LogP contribution in [0.15, 0.2) is 30.5 Å². The molecular formula is C15H19ClN2. The van der Waals surface area contributed by atoms with Crippen molar-refractivity contribution >= 4 is 23.3 Å². The van der Waals surface area contributed by atoms with E-state index in [0.29, 0.717) is 6.54 Å². The van der Waals surface area contributed by atoms with Gasteiger partial charge >= 0.3 is 0 Å². The number of aromatic nitrogens is 1. The number of hydrogen-bond donors (Lipinski definition) is 1. The van der Waals surface area contributed by atoms with Crippen LogP contribution in [-0.2, 0) is 13.0 Å². The van der Waals surface area contributed by atoms with E-state index in [9.17, 15) is 0 Å². The lowest BCUT2D eigenvalue weighted by Gasteiger charge is -2.06. The van der Waals surface area contributed by atoms with Gasteiger partial charge in [0.1, 0.15) is 0 Å². The van der Waals surface area contributed by atoms with Crippen LogP contribution in [0.1, 0.15) is 18.9 Å². The first kappa shape index (κ1) is 14.6. The molecule has 0 amide bonds. The lowest BCUT2D eigenvalue weighted by molar-refractivity contribution is 0.647. The number of nitrogens with two attached hydrogens (primary N) is 1. The molecule has 2 rings (SSSR count). The van der Waals surface area contributed by atoms with Crippen molar-refractivity contribution in [2.24, 2.45) is 5.73 Å². The van der Waals surface area contributed by atoms with E-state index >= 15 is 0 Å². The summed E-state index contributed by atoms with van der Waals surface area (Å²) in [4.78, 5) is 0. The van der Waals surface area contributed by atoms with Gasteiger partial charge in [0.2, 0.25) is 0 Å². The summed E-state index contributed by atoms with van der Waals surface area (Å²) < 4.78 is 2.12. The number of nitrogens with zero attached hydrogens (tertiary/aromatic N) is 1. The largest absolute Gasteiger partial charge is 0.336 e. The van der Waals surface area contributed by atoms with Crippen molar-refractivity contribution in [3.8, 4) is 12.3 Å². The number of para-hydroxylation sites is 1. The van der Waals surface area contributed by atoms with Gasteiger partial charge in [0.05, 0.1) is 6.54 Å². The Balaban J connectivity index is 0.00000162. The molecule has 1 aromatic heterocycles. The van der Waals surface area contributed by atoms with Crippen LogP contribution in [0.5, 0.6) is 0 Å². The molecule has 1 atom stereocenters. The monoisotopic (exact) mass is 262 g/mol. The van der Waals surface area contributed by atoms with E-state index in [1.807, 2.05) is 6.07 Å². The van der Waals surface area contributed by atoms with Crippen LogP contribution < -0.4 is 5.73 Å². The third-order valence-electron chi connectivity index (χ3n) is 3.14. The number of rotatable bonds is 4. The Morgan fingerprint density at radius 1 is 1.39 bits per heavy atom. The lowest BCUT2D eigenvalue weighted by atomic mass is 10.0. The highest BCUT2D eigenvalue weighted by molar-refractivity contribution is 5.85. The van der Waals surface area contributed by atoms with Crippen LogP contribution in [0.3, 0.4) is 0 Å². The summed E-state index contributed by atoms with van der Waals surface area (Å²) in [5.74, 6) is 2.69. The minimum atomic E-state index is 0. The maximum atomic E-state index is 6.03. The molecule has 3 heteroatoms. The fourth-order valence-corrected chi connectivity index (χ4v) is 2.14. The fraction of sp³-hybridized carbons (Fsp3) is 0.333. The molecule has 0 bridgehead atoms. The van der Waals surface area contributed by atoms with Gasteiger partial charge in [0.15, 0.2) is 0 Å². The maximum Gasteiger partial charge on any atom is 0.0835 e. The first-order valence-corrected chi connectivity index (χ1v) is 6.02. The quantitative estimate of drug-likeness (QED) is 0.844. The van der Waals surface area contributed by atoms with Gasteiger partial charge in [-0.2, -0.15) is 0 Å². The van der Waals surface area contributed by atoms with Gasteiger partial charge in [-0.3, -0.25) is 0 Å². The van der Waals surface area contributed by atoms with E-state index in [2.05, 4.69) is 41.8 Å². The minimum Gasteiger partial charge on any atom is -0.336 e. The highest BCUT2D eigenvalue weighted by Gasteiger charge is 2.09. The number of hydrogen-bond acceptors (Lipinski definition) is 1. The Morgan fingerprint density at radius 3 is 2.78 bits per heavy atom. The van der Waals surface area contributed by atoms with Crippen LogP contribution in [0.2, 0.25) is 0 Å². The zero-order chi connectivity index (χ0) is 12.3. The predicted octanol–water partition coefficient (Wildman–Crippen LogP) is 2.98. The van der Waals surface area contributed by atoms with Crippen LogP contribution in [0, 0.1) is 12.3 Å². The van der Waals surface area contributed by atoms with Gasteiger partial charge in [-0.25, -0.2) is 0 Å². The van der Waals surface area contributed by atoms with Crippen molar-refractivity contribution in [2.75, 3.05) is 0 Å². The summed E-state index contributed by atoms with van der Waals surface area (Å²) in [5, 5.41) is 1.27. The first-order valence-electron chi connectivity index (χ1n) is 6.02. The molecular weight excluding hydrogens is 244 g/mol. The molecule has 1 unspecified atom stereocenters. The van der Waals surface area contributed by atoms with Gasteiger partial charge in [-0.05, 0) is 24.5 Å². The van der Waals surface area contributed by atoms with Crippen molar-refractivity contribution in [3.05, 3.63) is 36.0 Å². The summed E-state index contributed by atoms with van der Waals surface area (Å²) in [6.45, 7) is 2.73. The molecule has 0 spiro atoms. The van der Waals surface area contributed by atoms with Crippen LogP contribution in [0.4, 0.5) is 0 Å². The van der Waals surface area contributed by atoms with Gasteiger partial charge in [0, 0.05) is 23.1 Å². The number of benzene rings is 1. The Hall–Kier alpha value is -1.43. The second-order valence-corrected chi connectivity index (χ2v) is 4.38. The molecule has 0 saturated carbocycles. The second-order valence-electron chi connectivity index (χ2n) is 4.38. The van der Waals surface area contributed by atoms with Gasteiger partial charge < -0.3 is 10.3 Å². The molecule has 1 aromatic carbocycles. The maximum absolute atomic E-state index is 6.03. The SMILES string of the molecule is C#CCn1cc(CC(N)CC)c2ccccc21.Cl. The molecule has 0 aliphatic carbocycles. The molecule has 0 fully saturated rings. The topological polar surface area (TPSA) is 30.9 Å². The van der Waals surface area contributed by atoms with Gasteiger partial charge in [-0.15, -0.1) is 18.8 Å². The van der Waals surface area contributed by atoms with E-state index in [1.54, 1.807) is 0 Å². The van der Waals surface area contributed by atoms with Crippen molar-refractivity contribution in [2.45, 2.75) is 32.4 Å². The average molecular weight is 263 g/mol.